The van der Waals surface area contributed by atoms with Gasteiger partial charge in [0, 0.05) is 0 Å². The summed E-state index contributed by atoms with van der Waals surface area (Å²) in [4.78, 5) is 11.5. The number of aliphatic hydroxyl groups is 1. The molecule has 4 heteroatoms. The minimum absolute atomic E-state index is 0.154. The number of ether oxygens (including phenoxy) is 1. The average Bonchev–Trinajstić information content (AvgIpc) is 2.74. The molecule has 2 rings (SSSR count). The van der Waals surface area contributed by atoms with Crippen LogP contribution in [0.4, 0.5) is 4.79 Å². The molecule has 1 aliphatic rings. The SMILES string of the molecule is O=C(N[C@@H]1CCCC1O)OCc1ccccc1. The number of hydrogen-bond acceptors (Lipinski definition) is 3. The van der Waals surface area contributed by atoms with Gasteiger partial charge < -0.3 is 15.2 Å². The Kier molecular flexibility index (Phi) is 3.98. The van der Waals surface area contributed by atoms with Crippen molar-refractivity contribution in [3.05, 3.63) is 35.9 Å². The summed E-state index contributed by atoms with van der Waals surface area (Å²) in [6, 6.07) is 9.36. The highest BCUT2D eigenvalue weighted by Crippen LogP contribution is 2.18. The third-order valence-electron chi connectivity index (χ3n) is 3.00. The van der Waals surface area contributed by atoms with E-state index in [1.54, 1.807) is 0 Å². The van der Waals surface area contributed by atoms with Crippen LogP contribution in [-0.4, -0.2) is 23.3 Å². The second-order valence-corrected chi connectivity index (χ2v) is 4.31. The largest absolute Gasteiger partial charge is 0.445 e. The fraction of sp³-hybridized carbons (Fsp3) is 0.462. The summed E-state index contributed by atoms with van der Waals surface area (Å²) in [5, 5.41) is 12.2. The van der Waals surface area contributed by atoms with Crippen LogP contribution < -0.4 is 5.32 Å². The van der Waals surface area contributed by atoms with Crippen LogP contribution in [0.1, 0.15) is 24.8 Å². The van der Waals surface area contributed by atoms with E-state index in [0.29, 0.717) is 0 Å². The summed E-state index contributed by atoms with van der Waals surface area (Å²) >= 11 is 0. The molecule has 2 N–H and O–H groups in total. The Morgan fingerprint density at radius 1 is 1.35 bits per heavy atom. The zero-order chi connectivity index (χ0) is 12.1. The van der Waals surface area contributed by atoms with Gasteiger partial charge >= 0.3 is 6.09 Å². The van der Waals surface area contributed by atoms with Gasteiger partial charge in [-0.15, -0.1) is 0 Å². The molecule has 0 aliphatic heterocycles. The van der Waals surface area contributed by atoms with Gasteiger partial charge in [0.1, 0.15) is 6.61 Å². The van der Waals surface area contributed by atoms with E-state index in [9.17, 15) is 9.90 Å². The van der Waals surface area contributed by atoms with Crippen LogP contribution in [0.15, 0.2) is 30.3 Å². The van der Waals surface area contributed by atoms with Gasteiger partial charge in [-0.05, 0) is 24.8 Å². The normalized spacial score (nSPS) is 23.4. The first-order valence-electron chi connectivity index (χ1n) is 5.91. The van der Waals surface area contributed by atoms with Gasteiger partial charge in [-0.1, -0.05) is 30.3 Å². The minimum atomic E-state index is -0.459. The van der Waals surface area contributed by atoms with E-state index in [2.05, 4.69) is 5.32 Å². The Labute approximate surface area is 101 Å². The maximum atomic E-state index is 11.5. The number of benzene rings is 1. The molecule has 1 saturated carbocycles. The molecule has 4 nitrogen and oxygen atoms in total. The maximum absolute atomic E-state index is 11.5. The van der Waals surface area contributed by atoms with Crippen molar-refractivity contribution in [3.8, 4) is 0 Å². The summed E-state index contributed by atoms with van der Waals surface area (Å²) < 4.78 is 5.08. The minimum Gasteiger partial charge on any atom is -0.445 e. The standard InChI is InChI=1S/C13H17NO3/c15-12-8-4-7-11(12)14-13(16)17-9-10-5-2-1-3-6-10/h1-3,5-6,11-12,15H,4,7-9H2,(H,14,16)/t11-,12?/m1/s1. The number of hydrogen-bond donors (Lipinski definition) is 2. The lowest BCUT2D eigenvalue weighted by atomic mass is 10.2. The lowest BCUT2D eigenvalue weighted by Crippen LogP contribution is -2.40. The lowest BCUT2D eigenvalue weighted by Gasteiger charge is -2.16. The third-order valence-corrected chi connectivity index (χ3v) is 3.00. The van der Waals surface area contributed by atoms with E-state index in [0.717, 1.165) is 24.8 Å². The van der Waals surface area contributed by atoms with E-state index in [-0.39, 0.29) is 12.6 Å². The molecule has 1 aromatic carbocycles. The Morgan fingerprint density at radius 2 is 2.12 bits per heavy atom. The molecule has 1 fully saturated rings. The first-order valence-corrected chi connectivity index (χ1v) is 5.91. The molecule has 0 radical (unpaired) electrons. The molecule has 2 atom stereocenters. The van der Waals surface area contributed by atoms with Crippen LogP contribution in [0, 0.1) is 0 Å². The van der Waals surface area contributed by atoms with Gasteiger partial charge in [-0.2, -0.15) is 0 Å². The summed E-state index contributed by atoms with van der Waals surface area (Å²) in [6.45, 7) is 0.259. The summed E-state index contributed by atoms with van der Waals surface area (Å²) in [5.41, 5.74) is 0.953. The zero-order valence-electron chi connectivity index (χ0n) is 9.63. The number of amides is 1. The molecule has 0 saturated heterocycles. The number of rotatable bonds is 3. The monoisotopic (exact) mass is 235 g/mol. The summed E-state index contributed by atoms with van der Waals surface area (Å²) in [7, 11) is 0. The van der Waals surface area contributed by atoms with E-state index >= 15 is 0 Å². The first kappa shape index (κ1) is 11.9. The maximum Gasteiger partial charge on any atom is 0.407 e. The molecule has 1 unspecified atom stereocenters. The molecule has 1 aromatic rings. The predicted octanol–water partition coefficient (Wildman–Crippen LogP) is 1.83. The van der Waals surface area contributed by atoms with Crippen LogP contribution in [0.5, 0.6) is 0 Å². The van der Waals surface area contributed by atoms with Gasteiger partial charge in [-0.3, -0.25) is 0 Å². The summed E-state index contributed by atoms with van der Waals surface area (Å²) in [6.07, 6.45) is 1.63. The molecular formula is C13H17NO3. The number of nitrogens with one attached hydrogen (secondary N) is 1. The van der Waals surface area contributed by atoms with Crippen molar-refractivity contribution in [1.29, 1.82) is 0 Å². The van der Waals surface area contributed by atoms with E-state index in [4.69, 9.17) is 4.74 Å². The van der Waals surface area contributed by atoms with Crippen molar-refractivity contribution >= 4 is 6.09 Å². The van der Waals surface area contributed by atoms with Gasteiger partial charge in [0.2, 0.25) is 0 Å². The second-order valence-electron chi connectivity index (χ2n) is 4.31. The van der Waals surface area contributed by atoms with Gasteiger partial charge in [0.05, 0.1) is 12.1 Å². The topological polar surface area (TPSA) is 58.6 Å². The van der Waals surface area contributed by atoms with Crippen molar-refractivity contribution in [3.63, 3.8) is 0 Å². The van der Waals surface area contributed by atoms with E-state index < -0.39 is 12.2 Å². The van der Waals surface area contributed by atoms with Crippen molar-refractivity contribution in [2.45, 2.75) is 38.0 Å². The fourth-order valence-corrected chi connectivity index (χ4v) is 2.02. The smallest absolute Gasteiger partial charge is 0.407 e. The van der Waals surface area contributed by atoms with Crippen molar-refractivity contribution in [1.82, 2.24) is 5.32 Å². The van der Waals surface area contributed by atoms with E-state index in [1.165, 1.54) is 0 Å². The highest BCUT2D eigenvalue weighted by atomic mass is 16.5. The van der Waals surface area contributed by atoms with Crippen molar-refractivity contribution in [2.24, 2.45) is 0 Å². The van der Waals surface area contributed by atoms with Crippen LogP contribution in [0.3, 0.4) is 0 Å². The Morgan fingerprint density at radius 3 is 2.76 bits per heavy atom. The summed E-state index contributed by atoms with van der Waals surface area (Å²) in [5.74, 6) is 0. The molecule has 0 aromatic heterocycles. The van der Waals surface area contributed by atoms with Crippen molar-refractivity contribution in [2.75, 3.05) is 0 Å². The molecule has 0 heterocycles. The Bertz CT molecular complexity index is 366. The number of aliphatic hydroxyl groups excluding tert-OH is 1. The van der Waals surface area contributed by atoms with Crippen molar-refractivity contribution < 1.29 is 14.6 Å². The molecule has 17 heavy (non-hydrogen) atoms. The predicted molar refractivity (Wildman–Crippen MR) is 63.4 cm³/mol. The molecule has 1 amide bonds. The second kappa shape index (κ2) is 5.68. The zero-order valence-corrected chi connectivity index (χ0v) is 9.63. The Balaban J connectivity index is 1.74. The lowest BCUT2D eigenvalue weighted by molar-refractivity contribution is 0.113. The third kappa shape index (κ3) is 3.46. The number of carbonyl (C=O) groups excluding carboxylic acids is 1. The quantitative estimate of drug-likeness (QED) is 0.840. The van der Waals surface area contributed by atoms with Gasteiger partial charge in [0.15, 0.2) is 0 Å². The number of alkyl carbamates (subject to hydrolysis) is 1. The molecule has 1 aliphatic carbocycles. The van der Waals surface area contributed by atoms with Crippen LogP contribution in [0.2, 0.25) is 0 Å². The molecular weight excluding hydrogens is 218 g/mol. The number of carbonyl (C=O) groups is 1. The van der Waals surface area contributed by atoms with Gasteiger partial charge in [-0.25, -0.2) is 4.79 Å². The van der Waals surface area contributed by atoms with Gasteiger partial charge in [0.25, 0.3) is 0 Å². The fourth-order valence-electron chi connectivity index (χ4n) is 2.02. The molecule has 92 valence electrons. The van der Waals surface area contributed by atoms with Crippen LogP contribution in [0.25, 0.3) is 0 Å². The van der Waals surface area contributed by atoms with E-state index in [1.807, 2.05) is 30.3 Å². The molecule has 0 bridgehead atoms. The van der Waals surface area contributed by atoms with Crippen LogP contribution in [-0.2, 0) is 11.3 Å². The highest BCUT2D eigenvalue weighted by Gasteiger charge is 2.26. The average molecular weight is 235 g/mol. The molecule has 0 spiro atoms. The Hall–Kier alpha value is -1.55. The first-order chi connectivity index (χ1) is 8.25. The highest BCUT2D eigenvalue weighted by molar-refractivity contribution is 5.67. The van der Waals surface area contributed by atoms with Crippen LogP contribution >= 0.6 is 0 Å².